The number of nitrogens with zero attached hydrogens (tertiary/aromatic N) is 2. The van der Waals surface area contributed by atoms with Crippen molar-refractivity contribution in [2.75, 3.05) is 39.2 Å². The second-order valence-electron chi connectivity index (χ2n) is 7.05. The first-order valence-corrected chi connectivity index (χ1v) is 8.92. The molecule has 27 heavy (non-hydrogen) atoms. The van der Waals surface area contributed by atoms with Gasteiger partial charge in [-0.05, 0) is 56.4 Å². The number of ether oxygens (including phenoxy) is 1. The number of hydrogen-bond donors (Lipinski definition) is 2. The van der Waals surface area contributed by atoms with Crippen LogP contribution in [0.3, 0.4) is 0 Å². The number of carbonyl (C=O) groups excluding carboxylic acids is 1. The van der Waals surface area contributed by atoms with Crippen LogP contribution in [0.15, 0.2) is 30.5 Å². The monoisotopic (exact) mass is 416 g/mol. The Hall–Kier alpha value is -1.31. The Balaban J connectivity index is 0.00000182. The maximum atomic E-state index is 12.5. The molecule has 6 nitrogen and oxygen atoms in total. The minimum atomic E-state index is -0.486. The van der Waals surface area contributed by atoms with Crippen LogP contribution in [0.2, 0.25) is 0 Å². The molecule has 1 amide bonds. The normalized spacial score (nSPS) is 15.9. The lowest BCUT2D eigenvalue weighted by Gasteiger charge is -2.26. The van der Waals surface area contributed by atoms with E-state index < -0.39 is 6.04 Å². The van der Waals surface area contributed by atoms with E-state index >= 15 is 0 Å². The summed E-state index contributed by atoms with van der Waals surface area (Å²) in [7, 11) is 4.13. The summed E-state index contributed by atoms with van der Waals surface area (Å²) in [6.07, 6.45) is 3.79. The molecule has 1 atom stereocenters. The minimum absolute atomic E-state index is 0. The van der Waals surface area contributed by atoms with Crippen LogP contribution in [-0.4, -0.2) is 55.3 Å². The zero-order valence-corrected chi connectivity index (χ0v) is 17.5. The van der Waals surface area contributed by atoms with E-state index in [1.807, 2.05) is 18.2 Å². The van der Waals surface area contributed by atoms with Crippen LogP contribution in [0.1, 0.15) is 12.8 Å². The van der Waals surface area contributed by atoms with Crippen LogP contribution < -0.4 is 11.1 Å². The molecule has 1 unspecified atom stereocenters. The quantitative estimate of drug-likeness (QED) is 0.758. The number of rotatable bonds is 6. The van der Waals surface area contributed by atoms with Crippen LogP contribution in [0, 0.1) is 5.92 Å². The molecular formula is C19H30Cl2N4O2. The highest BCUT2D eigenvalue weighted by atomic mass is 35.5. The number of amides is 1. The molecular weight excluding hydrogens is 387 g/mol. The van der Waals surface area contributed by atoms with Gasteiger partial charge in [0.2, 0.25) is 5.91 Å². The van der Waals surface area contributed by atoms with Crippen molar-refractivity contribution < 1.29 is 9.53 Å². The number of halogens is 2. The van der Waals surface area contributed by atoms with Gasteiger partial charge < -0.3 is 25.3 Å². The molecule has 2 aromatic rings. The average molecular weight is 417 g/mol. The fourth-order valence-corrected chi connectivity index (χ4v) is 3.28. The smallest absolute Gasteiger partial charge is 0.241 e. The number of nitrogens with two attached hydrogens (primary N) is 1. The Kier molecular flexibility index (Phi) is 9.56. The third-order valence-corrected chi connectivity index (χ3v) is 4.91. The Morgan fingerprint density at radius 3 is 2.67 bits per heavy atom. The van der Waals surface area contributed by atoms with Crippen molar-refractivity contribution in [3.63, 3.8) is 0 Å². The lowest BCUT2D eigenvalue weighted by molar-refractivity contribution is -0.119. The number of carbonyl (C=O) groups is 1. The summed E-state index contributed by atoms with van der Waals surface area (Å²) in [6.45, 7) is 3.26. The molecule has 1 fully saturated rings. The number of aromatic nitrogens is 1. The topological polar surface area (TPSA) is 72.5 Å². The Morgan fingerprint density at radius 2 is 2.00 bits per heavy atom. The molecule has 2 heterocycles. The molecule has 0 radical (unpaired) electrons. The average Bonchev–Trinajstić information content (AvgIpc) is 3.02. The van der Waals surface area contributed by atoms with E-state index in [1.54, 1.807) is 0 Å². The standard InChI is InChI=1S/C19H28N4O2.2ClH/c1-22(2)9-10-23-8-5-14-3-4-16(13-17(14)23)21-19(24)18(20)15-6-11-25-12-7-15;;/h3-5,8,13,15,18H,6-7,9-12,20H2,1-2H3,(H,21,24);2*1H. The van der Waals surface area contributed by atoms with E-state index in [0.29, 0.717) is 13.2 Å². The molecule has 152 valence electrons. The second-order valence-corrected chi connectivity index (χ2v) is 7.05. The van der Waals surface area contributed by atoms with Gasteiger partial charge in [-0.3, -0.25) is 4.79 Å². The predicted octanol–water partition coefficient (Wildman–Crippen LogP) is 2.74. The highest BCUT2D eigenvalue weighted by molar-refractivity contribution is 5.97. The third kappa shape index (κ3) is 6.09. The van der Waals surface area contributed by atoms with Gasteiger partial charge in [0, 0.05) is 38.2 Å². The molecule has 3 rings (SSSR count). The van der Waals surface area contributed by atoms with E-state index in [0.717, 1.165) is 37.1 Å². The number of likely N-dealkylation sites (N-methyl/N-ethyl adjacent to an activating group) is 1. The highest BCUT2D eigenvalue weighted by Gasteiger charge is 2.26. The van der Waals surface area contributed by atoms with E-state index in [-0.39, 0.29) is 36.6 Å². The zero-order chi connectivity index (χ0) is 17.8. The van der Waals surface area contributed by atoms with Gasteiger partial charge in [0.05, 0.1) is 11.6 Å². The largest absolute Gasteiger partial charge is 0.381 e. The molecule has 1 aromatic heterocycles. The summed E-state index contributed by atoms with van der Waals surface area (Å²) in [5.41, 5.74) is 8.09. The van der Waals surface area contributed by atoms with E-state index in [9.17, 15) is 4.79 Å². The lowest BCUT2D eigenvalue weighted by atomic mass is 9.92. The summed E-state index contributed by atoms with van der Waals surface area (Å²) >= 11 is 0. The van der Waals surface area contributed by atoms with Crippen LogP contribution in [0.25, 0.3) is 10.9 Å². The van der Waals surface area contributed by atoms with Gasteiger partial charge in [-0.15, -0.1) is 24.8 Å². The fourth-order valence-electron chi connectivity index (χ4n) is 3.28. The summed E-state index contributed by atoms with van der Waals surface area (Å²) in [5, 5.41) is 4.16. The number of hydrogen-bond acceptors (Lipinski definition) is 4. The van der Waals surface area contributed by atoms with Crippen molar-refractivity contribution in [1.82, 2.24) is 9.47 Å². The zero-order valence-electron chi connectivity index (χ0n) is 15.9. The number of anilines is 1. The lowest BCUT2D eigenvalue weighted by Crippen LogP contribution is -2.44. The molecule has 1 aromatic carbocycles. The van der Waals surface area contributed by atoms with Crippen molar-refractivity contribution in [3.8, 4) is 0 Å². The van der Waals surface area contributed by atoms with E-state index in [2.05, 4.69) is 41.1 Å². The highest BCUT2D eigenvalue weighted by Crippen LogP contribution is 2.22. The van der Waals surface area contributed by atoms with Crippen molar-refractivity contribution in [2.24, 2.45) is 11.7 Å². The number of nitrogens with one attached hydrogen (secondary N) is 1. The summed E-state index contributed by atoms with van der Waals surface area (Å²) < 4.78 is 7.56. The van der Waals surface area contributed by atoms with Crippen LogP contribution in [-0.2, 0) is 16.1 Å². The van der Waals surface area contributed by atoms with Gasteiger partial charge >= 0.3 is 0 Å². The summed E-state index contributed by atoms with van der Waals surface area (Å²) in [5.74, 6) is 0.0825. The first kappa shape index (κ1) is 23.7. The van der Waals surface area contributed by atoms with Crippen molar-refractivity contribution in [3.05, 3.63) is 30.5 Å². The van der Waals surface area contributed by atoms with Crippen LogP contribution in [0.5, 0.6) is 0 Å². The molecule has 1 saturated heterocycles. The second kappa shape index (κ2) is 10.9. The van der Waals surface area contributed by atoms with Gasteiger partial charge in [-0.2, -0.15) is 0 Å². The Labute approximate surface area is 173 Å². The molecule has 0 saturated carbocycles. The molecule has 0 aliphatic carbocycles. The SMILES string of the molecule is CN(C)CCn1ccc2ccc(NC(=O)C(N)C3CCOCC3)cc21.Cl.Cl. The van der Waals surface area contributed by atoms with Crippen molar-refractivity contribution in [2.45, 2.75) is 25.4 Å². The van der Waals surface area contributed by atoms with Gasteiger partial charge in [0.1, 0.15) is 0 Å². The van der Waals surface area contributed by atoms with Crippen molar-refractivity contribution in [1.29, 1.82) is 0 Å². The van der Waals surface area contributed by atoms with Gasteiger partial charge in [-0.1, -0.05) is 6.07 Å². The molecule has 1 aliphatic rings. The first-order chi connectivity index (χ1) is 12.0. The maximum Gasteiger partial charge on any atom is 0.241 e. The van der Waals surface area contributed by atoms with E-state index in [1.165, 1.54) is 5.39 Å². The van der Waals surface area contributed by atoms with Gasteiger partial charge in [0.25, 0.3) is 0 Å². The summed E-state index contributed by atoms with van der Waals surface area (Å²) in [4.78, 5) is 14.7. The molecule has 0 bridgehead atoms. The van der Waals surface area contributed by atoms with Gasteiger partial charge in [-0.25, -0.2) is 0 Å². The molecule has 0 spiro atoms. The number of fused-ring (bicyclic) bond motifs is 1. The van der Waals surface area contributed by atoms with Crippen LogP contribution >= 0.6 is 24.8 Å². The maximum absolute atomic E-state index is 12.5. The first-order valence-electron chi connectivity index (χ1n) is 8.92. The minimum Gasteiger partial charge on any atom is -0.381 e. The van der Waals surface area contributed by atoms with E-state index in [4.69, 9.17) is 10.5 Å². The Bertz CT molecular complexity index is 730. The number of benzene rings is 1. The fraction of sp³-hybridized carbons (Fsp3) is 0.526. The molecule has 3 N–H and O–H groups in total. The van der Waals surface area contributed by atoms with Gasteiger partial charge in [0.15, 0.2) is 0 Å². The third-order valence-electron chi connectivity index (χ3n) is 4.91. The molecule has 1 aliphatic heterocycles. The Morgan fingerprint density at radius 1 is 1.30 bits per heavy atom. The predicted molar refractivity (Wildman–Crippen MR) is 115 cm³/mol. The van der Waals surface area contributed by atoms with Crippen LogP contribution in [0.4, 0.5) is 5.69 Å². The van der Waals surface area contributed by atoms with Crippen molar-refractivity contribution >= 4 is 47.3 Å². The summed E-state index contributed by atoms with van der Waals surface area (Å²) in [6, 6.07) is 7.62. The molecule has 8 heteroatoms.